The molecule has 1 heterocycles. The number of β-amino-alcohol motifs (C(OH)–C–C–N with tert-alkyl or cyclic N) is 1. The Balaban J connectivity index is 1.08. The lowest BCUT2D eigenvalue weighted by Crippen LogP contribution is -2.49. The first-order valence-electron chi connectivity index (χ1n) is 14.4. The Bertz CT molecular complexity index is 1420. The minimum Gasteiger partial charge on any atom is -0.490 e. The molecule has 218 valence electrons. The number of para-hydroxylation sites is 1. The Morgan fingerprint density at radius 3 is 2.36 bits per heavy atom. The number of halogens is 1. The van der Waals surface area contributed by atoms with Crippen molar-refractivity contribution in [2.24, 2.45) is 0 Å². The van der Waals surface area contributed by atoms with Gasteiger partial charge in [0, 0.05) is 56.0 Å². The van der Waals surface area contributed by atoms with Crippen LogP contribution in [0.2, 0.25) is 0 Å². The van der Waals surface area contributed by atoms with Gasteiger partial charge in [-0.2, -0.15) is 0 Å². The zero-order valence-electron chi connectivity index (χ0n) is 23.7. The average Bonchev–Trinajstić information content (AvgIpc) is 3.03. The van der Waals surface area contributed by atoms with Crippen LogP contribution in [0.4, 0.5) is 10.1 Å². The van der Waals surface area contributed by atoms with Crippen LogP contribution in [0.25, 0.3) is 0 Å². The highest BCUT2D eigenvalue weighted by molar-refractivity contribution is 5.96. The summed E-state index contributed by atoms with van der Waals surface area (Å²) in [5.74, 6) is 1.13. The molecule has 1 aliphatic rings. The number of aliphatic hydroxyl groups is 1. The third kappa shape index (κ3) is 8.41. The standard InChI is InChI=1S/C35H37FN2O4/c36-30-14-16-31(17-15-30)38-21-19-37(20-22-38)24-32(39)26-42-35-12-5-4-9-29(35)25-41-33-11-6-10-28(23-33)34(40)18-13-27-7-2-1-3-8-27/h1-12,14-17,23,32,39H,13,18-22,24-26H2. The highest BCUT2D eigenvalue weighted by Gasteiger charge is 2.20. The van der Waals surface area contributed by atoms with Gasteiger partial charge < -0.3 is 19.5 Å². The Morgan fingerprint density at radius 2 is 1.57 bits per heavy atom. The van der Waals surface area contributed by atoms with Gasteiger partial charge in [-0.25, -0.2) is 4.39 Å². The molecule has 6 nitrogen and oxygen atoms in total. The topological polar surface area (TPSA) is 62.2 Å². The summed E-state index contributed by atoms with van der Waals surface area (Å²) < 4.78 is 25.3. The second-order valence-corrected chi connectivity index (χ2v) is 10.6. The first-order chi connectivity index (χ1) is 20.5. The molecule has 0 aliphatic carbocycles. The molecule has 1 unspecified atom stereocenters. The molecule has 1 fully saturated rings. The van der Waals surface area contributed by atoms with Crippen LogP contribution in [0, 0.1) is 5.82 Å². The van der Waals surface area contributed by atoms with Crippen molar-refractivity contribution >= 4 is 11.5 Å². The molecule has 1 aliphatic heterocycles. The van der Waals surface area contributed by atoms with Gasteiger partial charge in [-0.1, -0.05) is 60.7 Å². The highest BCUT2D eigenvalue weighted by Crippen LogP contribution is 2.23. The van der Waals surface area contributed by atoms with E-state index in [1.807, 2.05) is 72.8 Å². The van der Waals surface area contributed by atoms with Crippen molar-refractivity contribution in [3.8, 4) is 11.5 Å². The molecule has 4 aromatic carbocycles. The molecule has 4 aromatic rings. The SMILES string of the molecule is O=C(CCc1ccccc1)c1cccc(OCc2ccccc2OCC(O)CN2CCN(c3ccc(F)cc3)CC2)c1. The summed E-state index contributed by atoms with van der Waals surface area (Å²) in [7, 11) is 0. The lowest BCUT2D eigenvalue weighted by atomic mass is 10.0. The predicted molar refractivity (Wildman–Crippen MR) is 163 cm³/mol. The van der Waals surface area contributed by atoms with Crippen LogP contribution in [0.15, 0.2) is 103 Å². The molecule has 42 heavy (non-hydrogen) atoms. The highest BCUT2D eigenvalue weighted by atomic mass is 19.1. The number of benzene rings is 4. The van der Waals surface area contributed by atoms with Crippen LogP contribution in [-0.2, 0) is 13.0 Å². The van der Waals surface area contributed by atoms with Gasteiger partial charge in [-0.3, -0.25) is 9.69 Å². The van der Waals surface area contributed by atoms with E-state index >= 15 is 0 Å². The fourth-order valence-electron chi connectivity index (χ4n) is 5.11. The van der Waals surface area contributed by atoms with Crippen molar-refractivity contribution in [2.45, 2.75) is 25.6 Å². The second kappa shape index (κ2) is 14.6. The van der Waals surface area contributed by atoms with Crippen LogP contribution >= 0.6 is 0 Å². The summed E-state index contributed by atoms with van der Waals surface area (Å²) in [6, 6.07) is 31.5. The van der Waals surface area contributed by atoms with E-state index in [4.69, 9.17) is 9.47 Å². The summed E-state index contributed by atoms with van der Waals surface area (Å²) >= 11 is 0. The van der Waals surface area contributed by atoms with Crippen molar-refractivity contribution in [3.05, 3.63) is 126 Å². The summed E-state index contributed by atoms with van der Waals surface area (Å²) in [5.41, 5.74) is 3.65. The van der Waals surface area contributed by atoms with Gasteiger partial charge in [0.1, 0.15) is 36.6 Å². The quantitative estimate of drug-likeness (QED) is 0.206. The van der Waals surface area contributed by atoms with Gasteiger partial charge >= 0.3 is 0 Å². The van der Waals surface area contributed by atoms with Crippen molar-refractivity contribution < 1.29 is 23.8 Å². The molecule has 0 spiro atoms. The number of aryl methyl sites for hydroxylation is 1. The molecule has 0 amide bonds. The lowest BCUT2D eigenvalue weighted by molar-refractivity contribution is 0.0656. The fraction of sp³-hybridized carbons (Fsp3) is 0.286. The van der Waals surface area contributed by atoms with E-state index in [0.29, 0.717) is 36.4 Å². The maximum Gasteiger partial charge on any atom is 0.163 e. The van der Waals surface area contributed by atoms with E-state index in [1.54, 1.807) is 18.2 Å². The Hall–Kier alpha value is -4.20. The molecule has 7 heteroatoms. The molecule has 1 saturated heterocycles. The van der Waals surface area contributed by atoms with Gasteiger partial charge in [-0.05, 0) is 54.4 Å². The van der Waals surface area contributed by atoms with E-state index in [-0.39, 0.29) is 24.8 Å². The van der Waals surface area contributed by atoms with Gasteiger partial charge in [0.25, 0.3) is 0 Å². The van der Waals surface area contributed by atoms with E-state index in [1.165, 1.54) is 12.1 Å². The summed E-state index contributed by atoms with van der Waals surface area (Å²) in [4.78, 5) is 17.2. The number of rotatable bonds is 13. The minimum atomic E-state index is -0.644. The molecule has 0 radical (unpaired) electrons. The first-order valence-corrected chi connectivity index (χ1v) is 14.4. The number of piperazine rings is 1. The Kier molecular flexibility index (Phi) is 10.2. The third-order valence-electron chi connectivity index (χ3n) is 7.47. The van der Waals surface area contributed by atoms with E-state index < -0.39 is 6.10 Å². The predicted octanol–water partition coefficient (Wildman–Crippen LogP) is 5.78. The molecule has 0 saturated carbocycles. The number of anilines is 1. The Labute approximate surface area is 246 Å². The zero-order valence-corrected chi connectivity index (χ0v) is 23.7. The van der Waals surface area contributed by atoms with Crippen molar-refractivity contribution in [1.82, 2.24) is 4.90 Å². The number of ether oxygens (including phenoxy) is 2. The number of carbonyl (C=O) groups is 1. The first kappa shape index (κ1) is 29.3. The van der Waals surface area contributed by atoms with Gasteiger partial charge in [0.2, 0.25) is 0 Å². The number of hydrogen-bond donors (Lipinski definition) is 1. The van der Waals surface area contributed by atoms with Gasteiger partial charge in [0.05, 0.1) is 0 Å². The van der Waals surface area contributed by atoms with E-state index in [0.717, 1.165) is 43.0 Å². The molecule has 0 bridgehead atoms. The van der Waals surface area contributed by atoms with Crippen molar-refractivity contribution in [2.75, 3.05) is 44.2 Å². The van der Waals surface area contributed by atoms with Crippen LogP contribution in [0.1, 0.15) is 27.9 Å². The number of aliphatic hydroxyl groups excluding tert-OH is 1. The van der Waals surface area contributed by atoms with E-state index in [2.05, 4.69) is 9.80 Å². The molecule has 0 aromatic heterocycles. The smallest absolute Gasteiger partial charge is 0.163 e. The lowest BCUT2D eigenvalue weighted by Gasteiger charge is -2.36. The average molecular weight is 569 g/mol. The van der Waals surface area contributed by atoms with Crippen LogP contribution in [0.3, 0.4) is 0 Å². The molecule has 1 atom stereocenters. The number of ketones is 1. The molecule has 5 rings (SSSR count). The normalized spacial score (nSPS) is 14.4. The summed E-state index contributed by atoms with van der Waals surface area (Å²) in [6.07, 6.45) is 0.499. The maximum atomic E-state index is 13.2. The Morgan fingerprint density at radius 1 is 0.833 bits per heavy atom. The third-order valence-corrected chi connectivity index (χ3v) is 7.47. The van der Waals surface area contributed by atoms with Crippen LogP contribution < -0.4 is 14.4 Å². The summed E-state index contributed by atoms with van der Waals surface area (Å²) in [5, 5.41) is 10.7. The number of Topliss-reactive ketones (excluding diaryl/α,β-unsaturated/α-hetero) is 1. The number of nitrogens with zero attached hydrogens (tertiary/aromatic N) is 2. The second-order valence-electron chi connectivity index (χ2n) is 10.6. The fourth-order valence-corrected chi connectivity index (χ4v) is 5.11. The molecule has 1 N–H and O–H groups in total. The van der Waals surface area contributed by atoms with Crippen molar-refractivity contribution in [1.29, 1.82) is 0 Å². The van der Waals surface area contributed by atoms with E-state index in [9.17, 15) is 14.3 Å². The van der Waals surface area contributed by atoms with Crippen LogP contribution in [0.5, 0.6) is 11.5 Å². The monoisotopic (exact) mass is 568 g/mol. The van der Waals surface area contributed by atoms with Crippen LogP contribution in [-0.4, -0.2) is 61.2 Å². The molecular weight excluding hydrogens is 531 g/mol. The molecular formula is C35H37FN2O4. The maximum absolute atomic E-state index is 13.2. The zero-order chi connectivity index (χ0) is 29.1. The number of carbonyl (C=O) groups excluding carboxylic acids is 1. The number of hydrogen-bond acceptors (Lipinski definition) is 6. The van der Waals surface area contributed by atoms with Gasteiger partial charge in [0.15, 0.2) is 5.78 Å². The van der Waals surface area contributed by atoms with Crippen molar-refractivity contribution in [3.63, 3.8) is 0 Å². The summed E-state index contributed by atoms with van der Waals surface area (Å²) in [6.45, 7) is 4.22. The van der Waals surface area contributed by atoms with Gasteiger partial charge in [-0.15, -0.1) is 0 Å². The minimum absolute atomic E-state index is 0.0823. The largest absolute Gasteiger partial charge is 0.490 e.